The molecule has 0 aliphatic carbocycles. The Morgan fingerprint density at radius 1 is 1.33 bits per heavy atom. The summed E-state index contributed by atoms with van der Waals surface area (Å²) in [5, 5.41) is 12.6. The van der Waals surface area contributed by atoms with Crippen LogP contribution in [0.15, 0.2) is 0 Å². The van der Waals surface area contributed by atoms with Crippen LogP contribution < -0.4 is 11.1 Å². The highest BCUT2D eigenvalue weighted by atomic mass is 16.3. The third kappa shape index (κ3) is 1.11. The monoisotopic (exact) mass is 205 g/mol. The summed E-state index contributed by atoms with van der Waals surface area (Å²) in [4.78, 5) is 11.0. The zero-order chi connectivity index (χ0) is 10.4. The largest absolute Gasteiger partial charge is 0.480 e. The minimum atomic E-state index is -0.126. The molecule has 0 aromatic carbocycles. The number of hydrogen-bond donors (Lipinski definition) is 4. The number of rotatable bonds is 0. The molecule has 0 radical (unpaired) electrons. The zero-order valence-electron chi connectivity index (χ0n) is 8.04. The van der Waals surface area contributed by atoms with Crippen LogP contribution in [0.3, 0.4) is 0 Å². The molecule has 0 bridgehead atoms. The molecule has 3 heterocycles. The van der Waals surface area contributed by atoms with E-state index in [4.69, 9.17) is 5.73 Å². The van der Waals surface area contributed by atoms with Crippen LogP contribution in [0, 0.1) is 0 Å². The summed E-state index contributed by atoms with van der Waals surface area (Å²) in [6, 6.07) is -0.126. The molecule has 2 aromatic rings. The Labute approximate surface area is 85.5 Å². The maximum Gasteiger partial charge on any atom is 0.292 e. The van der Waals surface area contributed by atoms with E-state index in [-0.39, 0.29) is 6.01 Å². The lowest BCUT2D eigenvalue weighted by atomic mass is 10.1. The van der Waals surface area contributed by atoms with Gasteiger partial charge in [0.05, 0.1) is 16.9 Å². The van der Waals surface area contributed by atoms with Crippen LogP contribution in [0.4, 0.5) is 11.5 Å². The molecule has 1 aliphatic heterocycles. The van der Waals surface area contributed by atoms with Crippen LogP contribution in [0.5, 0.6) is 6.01 Å². The molecule has 2 aromatic heterocycles. The topological polar surface area (TPSA) is 99.8 Å². The molecular weight excluding hydrogens is 194 g/mol. The van der Waals surface area contributed by atoms with E-state index < -0.39 is 0 Å². The summed E-state index contributed by atoms with van der Waals surface area (Å²) in [7, 11) is 0. The number of imidazole rings is 1. The Kier molecular flexibility index (Phi) is 1.53. The van der Waals surface area contributed by atoms with Crippen molar-refractivity contribution in [2.24, 2.45) is 0 Å². The van der Waals surface area contributed by atoms with Gasteiger partial charge in [-0.3, -0.25) is 0 Å². The Balaban J connectivity index is 2.38. The number of nitrogens with one attached hydrogen (secondary N) is 2. The highest BCUT2D eigenvalue weighted by Crippen LogP contribution is 2.31. The molecule has 15 heavy (non-hydrogen) atoms. The van der Waals surface area contributed by atoms with Gasteiger partial charge in [-0.25, -0.2) is 4.98 Å². The smallest absolute Gasteiger partial charge is 0.292 e. The van der Waals surface area contributed by atoms with Gasteiger partial charge in [0.15, 0.2) is 5.82 Å². The second-order valence-electron chi connectivity index (χ2n) is 3.63. The van der Waals surface area contributed by atoms with Gasteiger partial charge in [-0.2, -0.15) is 4.98 Å². The summed E-state index contributed by atoms with van der Waals surface area (Å²) in [5.74, 6) is 0.365. The van der Waals surface area contributed by atoms with E-state index in [2.05, 4.69) is 20.3 Å². The van der Waals surface area contributed by atoms with Crippen molar-refractivity contribution in [1.29, 1.82) is 0 Å². The number of fused-ring (bicyclic) bond motifs is 3. The highest BCUT2D eigenvalue weighted by molar-refractivity contribution is 5.96. The summed E-state index contributed by atoms with van der Waals surface area (Å²) < 4.78 is 0. The summed E-state index contributed by atoms with van der Waals surface area (Å²) in [5.41, 5.74) is 8.89. The van der Waals surface area contributed by atoms with Gasteiger partial charge in [0.1, 0.15) is 5.52 Å². The molecule has 5 N–H and O–H groups in total. The second-order valence-corrected chi connectivity index (χ2v) is 3.63. The van der Waals surface area contributed by atoms with Crippen molar-refractivity contribution in [3.63, 3.8) is 0 Å². The molecular formula is C9H11N5O. The minimum absolute atomic E-state index is 0.126. The van der Waals surface area contributed by atoms with Gasteiger partial charge < -0.3 is 21.1 Å². The first-order valence-electron chi connectivity index (χ1n) is 4.86. The van der Waals surface area contributed by atoms with Crippen molar-refractivity contribution in [2.75, 3.05) is 17.6 Å². The highest BCUT2D eigenvalue weighted by Gasteiger charge is 2.18. The third-order valence-electron chi connectivity index (χ3n) is 2.62. The predicted octanol–water partition coefficient (Wildman–Crippen LogP) is 0.604. The first-order valence-corrected chi connectivity index (χ1v) is 4.86. The average molecular weight is 205 g/mol. The Morgan fingerprint density at radius 2 is 2.20 bits per heavy atom. The van der Waals surface area contributed by atoms with Gasteiger partial charge >= 0.3 is 0 Å². The zero-order valence-corrected chi connectivity index (χ0v) is 8.04. The first-order chi connectivity index (χ1) is 7.25. The quantitative estimate of drug-likeness (QED) is 0.504. The predicted molar refractivity (Wildman–Crippen MR) is 56.8 cm³/mol. The van der Waals surface area contributed by atoms with Crippen LogP contribution in [-0.4, -0.2) is 26.6 Å². The molecule has 3 rings (SSSR count). The van der Waals surface area contributed by atoms with E-state index in [0.29, 0.717) is 11.3 Å². The fraction of sp³-hybridized carbons (Fsp3) is 0.333. The fourth-order valence-electron chi connectivity index (χ4n) is 1.97. The number of aromatic hydroxyl groups is 1. The van der Waals surface area contributed by atoms with Crippen LogP contribution >= 0.6 is 0 Å². The fourth-order valence-corrected chi connectivity index (χ4v) is 1.97. The number of nitrogens with zero attached hydrogens (tertiary/aromatic N) is 2. The van der Waals surface area contributed by atoms with Crippen molar-refractivity contribution in [3.8, 4) is 6.01 Å². The number of nitrogen functional groups attached to an aromatic ring is 1. The summed E-state index contributed by atoms with van der Waals surface area (Å²) in [6.07, 6.45) is 1.95. The van der Waals surface area contributed by atoms with E-state index in [1.54, 1.807) is 0 Å². The van der Waals surface area contributed by atoms with E-state index in [9.17, 15) is 5.11 Å². The Hall–Kier alpha value is -1.98. The Bertz CT molecular complexity index is 533. The van der Waals surface area contributed by atoms with E-state index >= 15 is 0 Å². The van der Waals surface area contributed by atoms with Crippen molar-refractivity contribution in [2.45, 2.75) is 12.8 Å². The molecule has 6 nitrogen and oxygen atoms in total. The van der Waals surface area contributed by atoms with Crippen LogP contribution in [0.2, 0.25) is 0 Å². The van der Waals surface area contributed by atoms with Gasteiger partial charge in [0.2, 0.25) is 0 Å². The van der Waals surface area contributed by atoms with Crippen molar-refractivity contribution < 1.29 is 5.11 Å². The van der Waals surface area contributed by atoms with Gasteiger partial charge in [0.25, 0.3) is 6.01 Å². The molecule has 6 heteroatoms. The van der Waals surface area contributed by atoms with E-state index in [0.717, 1.165) is 36.3 Å². The lowest BCUT2D eigenvalue weighted by molar-refractivity contribution is 0.438. The second kappa shape index (κ2) is 2.75. The molecule has 0 saturated carbocycles. The maximum atomic E-state index is 9.30. The number of nitrogens with two attached hydrogens (primary N) is 1. The van der Waals surface area contributed by atoms with Crippen molar-refractivity contribution in [3.05, 3.63) is 5.69 Å². The summed E-state index contributed by atoms with van der Waals surface area (Å²) >= 11 is 0. The summed E-state index contributed by atoms with van der Waals surface area (Å²) in [6.45, 7) is 0.910. The Morgan fingerprint density at radius 3 is 3.07 bits per heavy atom. The molecule has 0 fully saturated rings. The molecule has 1 aliphatic rings. The number of hydrogen-bond acceptors (Lipinski definition) is 5. The van der Waals surface area contributed by atoms with Gasteiger partial charge in [0, 0.05) is 6.54 Å². The first kappa shape index (κ1) is 8.34. The lowest BCUT2D eigenvalue weighted by Crippen LogP contribution is -2.14. The maximum absolute atomic E-state index is 9.30. The average Bonchev–Trinajstić information content (AvgIpc) is 2.61. The van der Waals surface area contributed by atoms with E-state index in [1.165, 1.54) is 0 Å². The molecule has 0 unspecified atom stereocenters. The number of aromatic nitrogens is 3. The van der Waals surface area contributed by atoms with Crippen LogP contribution in [0.25, 0.3) is 11.0 Å². The molecule has 78 valence electrons. The van der Waals surface area contributed by atoms with E-state index in [1.807, 2.05) is 0 Å². The molecule has 0 atom stereocenters. The number of aryl methyl sites for hydroxylation is 1. The molecule has 0 spiro atoms. The van der Waals surface area contributed by atoms with Crippen molar-refractivity contribution in [1.82, 2.24) is 15.0 Å². The number of pyridine rings is 1. The molecule has 0 amide bonds. The number of aromatic amines is 1. The minimum Gasteiger partial charge on any atom is -0.480 e. The number of anilines is 2. The van der Waals surface area contributed by atoms with Gasteiger partial charge in [-0.1, -0.05) is 0 Å². The van der Waals surface area contributed by atoms with Gasteiger partial charge in [-0.05, 0) is 12.8 Å². The van der Waals surface area contributed by atoms with Crippen LogP contribution in [0.1, 0.15) is 12.1 Å². The van der Waals surface area contributed by atoms with Gasteiger partial charge in [-0.15, -0.1) is 0 Å². The SMILES string of the molecule is Nc1nc2c(c3[nH]c(O)nc13)NCCC2. The molecule has 0 saturated heterocycles. The number of H-pyrrole nitrogens is 1. The lowest BCUT2D eigenvalue weighted by Gasteiger charge is -2.17. The third-order valence-corrected chi connectivity index (χ3v) is 2.62. The van der Waals surface area contributed by atoms with Crippen molar-refractivity contribution >= 4 is 22.5 Å². The normalized spacial score (nSPS) is 14.9. The van der Waals surface area contributed by atoms with Crippen LogP contribution in [-0.2, 0) is 6.42 Å². The standard InChI is InChI=1S/C9H11N5O/c10-8-7-6(13-9(15)14-7)5-4(12-8)2-1-3-11-5/h11H,1-3H2,(H2,10,12)(H2,13,14,15).